The number of benzene rings is 1. The average molecular weight is 266 g/mol. The van der Waals surface area contributed by atoms with E-state index in [9.17, 15) is 10.1 Å². The van der Waals surface area contributed by atoms with Gasteiger partial charge in [0, 0.05) is 35.2 Å². The van der Waals surface area contributed by atoms with Gasteiger partial charge in [-0.1, -0.05) is 19.1 Å². The van der Waals surface area contributed by atoms with Gasteiger partial charge in [0.25, 0.3) is 5.69 Å². The average Bonchev–Trinajstić information content (AvgIpc) is 2.75. The molecule has 1 aromatic rings. The summed E-state index contributed by atoms with van der Waals surface area (Å²) in [5, 5.41) is 15.0. The number of nitrogens with one attached hydrogen (secondary N) is 1. The summed E-state index contributed by atoms with van der Waals surface area (Å²) in [6.45, 7) is 4.30. The maximum atomic E-state index is 10.7. The van der Waals surface area contributed by atoms with Crippen molar-refractivity contribution in [1.29, 1.82) is 0 Å². The Morgan fingerprint density at radius 1 is 1.56 bits per heavy atom. The predicted octanol–water partition coefficient (Wildman–Crippen LogP) is 3.14. The lowest BCUT2D eigenvalue weighted by Crippen LogP contribution is -2.31. The first-order chi connectivity index (χ1) is 8.56. The fourth-order valence-electron chi connectivity index (χ4n) is 2.29. The van der Waals surface area contributed by atoms with E-state index < -0.39 is 0 Å². The molecule has 1 heterocycles. The smallest absolute Gasteiger partial charge is 0.269 e. The molecule has 1 fully saturated rings. The summed E-state index contributed by atoms with van der Waals surface area (Å²) in [5.41, 5.74) is 1.14. The number of hydrogen-bond acceptors (Lipinski definition) is 4. The number of nitro benzene ring substituents is 1. The third kappa shape index (κ3) is 3.23. The minimum Gasteiger partial charge on any atom is -0.307 e. The molecule has 0 aliphatic carbocycles. The number of non-ortho nitro benzene ring substituents is 1. The third-order valence-corrected chi connectivity index (χ3v) is 4.62. The van der Waals surface area contributed by atoms with Crippen LogP contribution in [0.5, 0.6) is 0 Å². The van der Waals surface area contributed by atoms with Crippen molar-refractivity contribution in [3.63, 3.8) is 0 Å². The Balaban J connectivity index is 2.02. The molecular weight excluding hydrogens is 248 g/mol. The van der Waals surface area contributed by atoms with Crippen molar-refractivity contribution in [2.24, 2.45) is 0 Å². The number of nitrogens with zero attached hydrogens (tertiary/aromatic N) is 1. The SMILES string of the molecule is CC1CC(NC(C)c2cccc([N+](=O)[O-])c2)CS1. The minimum atomic E-state index is -0.344. The normalized spacial score (nSPS) is 25.0. The van der Waals surface area contributed by atoms with E-state index in [4.69, 9.17) is 0 Å². The molecule has 4 nitrogen and oxygen atoms in total. The van der Waals surface area contributed by atoms with Crippen LogP contribution in [0, 0.1) is 10.1 Å². The Labute approximate surface area is 111 Å². The van der Waals surface area contributed by atoms with Crippen LogP contribution < -0.4 is 5.32 Å². The molecule has 2 rings (SSSR count). The van der Waals surface area contributed by atoms with Crippen molar-refractivity contribution in [3.05, 3.63) is 39.9 Å². The zero-order valence-corrected chi connectivity index (χ0v) is 11.4. The fraction of sp³-hybridized carbons (Fsp3) is 0.538. The zero-order valence-electron chi connectivity index (χ0n) is 10.6. The Hall–Kier alpha value is -1.07. The molecule has 1 aliphatic heterocycles. The van der Waals surface area contributed by atoms with Gasteiger partial charge in [0.2, 0.25) is 0 Å². The molecule has 0 bridgehead atoms. The van der Waals surface area contributed by atoms with Gasteiger partial charge in [-0.2, -0.15) is 11.8 Å². The van der Waals surface area contributed by atoms with Crippen LogP contribution in [0.3, 0.4) is 0 Å². The van der Waals surface area contributed by atoms with Crippen LogP contribution in [-0.4, -0.2) is 22.0 Å². The maximum absolute atomic E-state index is 10.7. The highest BCUT2D eigenvalue weighted by Gasteiger charge is 2.23. The van der Waals surface area contributed by atoms with Crippen molar-refractivity contribution in [1.82, 2.24) is 5.32 Å². The van der Waals surface area contributed by atoms with E-state index in [2.05, 4.69) is 19.2 Å². The number of hydrogen-bond donors (Lipinski definition) is 1. The van der Waals surface area contributed by atoms with Gasteiger partial charge in [0.05, 0.1) is 4.92 Å². The molecule has 5 heteroatoms. The second kappa shape index (κ2) is 5.71. The molecule has 1 N–H and O–H groups in total. The van der Waals surface area contributed by atoms with Crippen LogP contribution in [0.25, 0.3) is 0 Å². The van der Waals surface area contributed by atoms with Crippen molar-refractivity contribution >= 4 is 17.4 Å². The third-order valence-electron chi connectivity index (χ3n) is 3.27. The molecule has 1 aromatic carbocycles. The summed E-state index contributed by atoms with van der Waals surface area (Å²) in [5.74, 6) is 1.13. The number of thioether (sulfide) groups is 1. The Kier molecular flexibility index (Phi) is 4.24. The van der Waals surface area contributed by atoms with Gasteiger partial charge >= 0.3 is 0 Å². The lowest BCUT2D eigenvalue weighted by Gasteiger charge is -2.19. The second-order valence-corrected chi connectivity index (χ2v) is 6.29. The van der Waals surface area contributed by atoms with E-state index in [0.29, 0.717) is 11.3 Å². The van der Waals surface area contributed by atoms with Crippen LogP contribution in [0.1, 0.15) is 31.9 Å². The van der Waals surface area contributed by atoms with Crippen LogP contribution in [-0.2, 0) is 0 Å². The van der Waals surface area contributed by atoms with Gasteiger partial charge in [0.1, 0.15) is 0 Å². The van der Waals surface area contributed by atoms with Crippen molar-refractivity contribution < 1.29 is 4.92 Å². The van der Waals surface area contributed by atoms with Gasteiger partial charge < -0.3 is 5.32 Å². The van der Waals surface area contributed by atoms with Crippen LogP contribution >= 0.6 is 11.8 Å². The topological polar surface area (TPSA) is 55.2 Å². The summed E-state index contributed by atoms with van der Waals surface area (Å²) < 4.78 is 0. The molecule has 1 saturated heterocycles. The van der Waals surface area contributed by atoms with E-state index in [-0.39, 0.29) is 16.7 Å². The van der Waals surface area contributed by atoms with Crippen LogP contribution in [0.2, 0.25) is 0 Å². The zero-order chi connectivity index (χ0) is 13.1. The molecule has 0 aromatic heterocycles. The molecule has 0 amide bonds. The largest absolute Gasteiger partial charge is 0.307 e. The molecule has 3 atom stereocenters. The van der Waals surface area contributed by atoms with Crippen molar-refractivity contribution in [3.8, 4) is 0 Å². The lowest BCUT2D eigenvalue weighted by molar-refractivity contribution is -0.384. The van der Waals surface area contributed by atoms with Crippen molar-refractivity contribution in [2.45, 2.75) is 37.6 Å². The monoisotopic (exact) mass is 266 g/mol. The molecule has 3 unspecified atom stereocenters. The molecule has 18 heavy (non-hydrogen) atoms. The number of nitro groups is 1. The minimum absolute atomic E-state index is 0.154. The van der Waals surface area contributed by atoms with E-state index in [0.717, 1.165) is 11.3 Å². The van der Waals surface area contributed by atoms with E-state index in [1.807, 2.05) is 17.8 Å². The molecule has 1 aliphatic rings. The first-order valence-electron chi connectivity index (χ1n) is 6.18. The summed E-state index contributed by atoms with van der Waals surface area (Å²) >= 11 is 1.98. The highest BCUT2D eigenvalue weighted by atomic mass is 32.2. The predicted molar refractivity (Wildman–Crippen MR) is 75.0 cm³/mol. The van der Waals surface area contributed by atoms with E-state index in [1.165, 1.54) is 12.5 Å². The molecule has 0 spiro atoms. The molecular formula is C13H18N2O2S. The first-order valence-corrected chi connectivity index (χ1v) is 7.23. The van der Waals surface area contributed by atoms with Gasteiger partial charge in [-0.25, -0.2) is 0 Å². The molecule has 0 radical (unpaired) electrons. The summed E-state index contributed by atoms with van der Waals surface area (Å²) in [7, 11) is 0. The van der Waals surface area contributed by atoms with Gasteiger partial charge in [-0.3, -0.25) is 10.1 Å². The van der Waals surface area contributed by atoms with Gasteiger partial charge in [-0.15, -0.1) is 0 Å². The summed E-state index contributed by atoms with van der Waals surface area (Å²) in [4.78, 5) is 10.4. The van der Waals surface area contributed by atoms with E-state index >= 15 is 0 Å². The van der Waals surface area contributed by atoms with Gasteiger partial charge in [0.15, 0.2) is 0 Å². The van der Waals surface area contributed by atoms with Crippen LogP contribution in [0.15, 0.2) is 24.3 Å². The highest BCUT2D eigenvalue weighted by Crippen LogP contribution is 2.28. The van der Waals surface area contributed by atoms with Crippen LogP contribution in [0.4, 0.5) is 5.69 Å². The number of rotatable bonds is 4. The second-order valence-electron chi connectivity index (χ2n) is 4.82. The molecule has 0 saturated carbocycles. The molecule has 98 valence electrons. The quantitative estimate of drug-likeness (QED) is 0.672. The Morgan fingerprint density at radius 2 is 2.33 bits per heavy atom. The Bertz CT molecular complexity index is 439. The lowest BCUT2D eigenvalue weighted by atomic mass is 10.1. The van der Waals surface area contributed by atoms with E-state index in [1.54, 1.807) is 12.1 Å². The summed E-state index contributed by atoms with van der Waals surface area (Å²) in [6.07, 6.45) is 1.17. The van der Waals surface area contributed by atoms with Crippen molar-refractivity contribution in [2.75, 3.05) is 5.75 Å². The Morgan fingerprint density at radius 3 is 2.94 bits per heavy atom. The fourth-order valence-corrected chi connectivity index (χ4v) is 3.45. The maximum Gasteiger partial charge on any atom is 0.269 e. The highest BCUT2D eigenvalue weighted by molar-refractivity contribution is 8.00. The standard InChI is InChI=1S/C13H18N2O2S/c1-9-6-12(8-18-9)14-10(2)11-4-3-5-13(7-11)15(16)17/h3-5,7,9-10,12,14H,6,8H2,1-2H3. The first kappa shape index (κ1) is 13.4. The summed E-state index contributed by atoms with van der Waals surface area (Å²) in [6, 6.07) is 7.54. The van der Waals surface area contributed by atoms with Gasteiger partial charge in [-0.05, 0) is 18.9 Å².